The highest BCUT2D eigenvalue weighted by Gasteiger charge is 2.31. The van der Waals surface area contributed by atoms with Crippen LogP contribution in [-0.4, -0.2) is 69.6 Å². The predicted octanol–water partition coefficient (Wildman–Crippen LogP) is 3.57. The van der Waals surface area contributed by atoms with E-state index in [1.54, 1.807) is 29.2 Å². The fraction of sp³-hybridized carbons (Fsp3) is 0.409. The second kappa shape index (κ2) is 9.99. The number of rotatable bonds is 7. The van der Waals surface area contributed by atoms with Gasteiger partial charge in [0, 0.05) is 32.7 Å². The number of ether oxygens (including phenoxy) is 4. The van der Waals surface area contributed by atoms with Crippen LogP contribution in [0.2, 0.25) is 0 Å². The SMILES string of the molecule is COc1ccc(C(=O)N2CCN(Cc3ccc(OC(F)(F)F)cc3)CC2)c(OC)c1OC. The first-order valence-electron chi connectivity index (χ1n) is 9.91. The molecule has 2 aromatic rings. The van der Waals surface area contributed by atoms with Crippen LogP contribution >= 0.6 is 0 Å². The summed E-state index contributed by atoms with van der Waals surface area (Å²) < 4.78 is 56.8. The van der Waals surface area contributed by atoms with E-state index in [0.29, 0.717) is 55.5 Å². The Bertz CT molecular complexity index is 926. The third-order valence-corrected chi connectivity index (χ3v) is 5.16. The van der Waals surface area contributed by atoms with E-state index in [1.165, 1.54) is 33.5 Å². The molecule has 1 fully saturated rings. The Kier molecular flexibility index (Phi) is 7.34. The molecule has 1 aliphatic rings. The smallest absolute Gasteiger partial charge is 0.493 e. The van der Waals surface area contributed by atoms with Crippen molar-refractivity contribution < 1.29 is 36.9 Å². The quantitative estimate of drug-likeness (QED) is 0.638. The number of alkyl halides is 3. The molecule has 32 heavy (non-hydrogen) atoms. The number of halogens is 3. The molecule has 1 aliphatic heterocycles. The highest BCUT2D eigenvalue weighted by atomic mass is 19.4. The van der Waals surface area contributed by atoms with Gasteiger partial charge in [0.05, 0.1) is 26.9 Å². The minimum atomic E-state index is -4.71. The van der Waals surface area contributed by atoms with Crippen LogP contribution in [0.4, 0.5) is 13.2 Å². The Morgan fingerprint density at radius 1 is 0.875 bits per heavy atom. The number of piperazine rings is 1. The molecular weight excluding hydrogens is 429 g/mol. The summed E-state index contributed by atoms with van der Waals surface area (Å²) in [6.45, 7) is 2.83. The maximum atomic E-state index is 13.1. The third-order valence-electron chi connectivity index (χ3n) is 5.16. The molecular formula is C22H25F3N2O5. The Labute approximate surface area is 184 Å². The van der Waals surface area contributed by atoms with E-state index in [2.05, 4.69) is 9.64 Å². The normalized spacial score (nSPS) is 14.8. The van der Waals surface area contributed by atoms with E-state index in [0.717, 1.165) is 5.56 Å². The Morgan fingerprint density at radius 2 is 1.50 bits per heavy atom. The monoisotopic (exact) mass is 454 g/mol. The second-order valence-electron chi connectivity index (χ2n) is 7.14. The number of carbonyl (C=O) groups excluding carboxylic acids is 1. The van der Waals surface area contributed by atoms with Crippen molar-refractivity contribution in [2.75, 3.05) is 47.5 Å². The van der Waals surface area contributed by atoms with Crippen LogP contribution in [0.15, 0.2) is 36.4 Å². The van der Waals surface area contributed by atoms with Crippen LogP contribution in [0, 0.1) is 0 Å². The summed E-state index contributed by atoms with van der Waals surface area (Å²) in [6, 6.07) is 9.12. The summed E-state index contributed by atoms with van der Waals surface area (Å²) in [6.07, 6.45) is -4.71. The van der Waals surface area contributed by atoms with E-state index >= 15 is 0 Å². The summed E-state index contributed by atoms with van der Waals surface area (Å²) in [4.78, 5) is 17.0. The van der Waals surface area contributed by atoms with Crippen LogP contribution in [0.3, 0.4) is 0 Å². The van der Waals surface area contributed by atoms with Crippen LogP contribution in [0.5, 0.6) is 23.0 Å². The lowest BCUT2D eigenvalue weighted by Crippen LogP contribution is -2.48. The lowest BCUT2D eigenvalue weighted by molar-refractivity contribution is -0.274. The van der Waals surface area contributed by atoms with Crippen LogP contribution in [-0.2, 0) is 6.54 Å². The molecule has 1 saturated heterocycles. The zero-order valence-corrected chi connectivity index (χ0v) is 18.1. The largest absolute Gasteiger partial charge is 0.573 e. The summed E-state index contributed by atoms with van der Waals surface area (Å²) in [5.41, 5.74) is 1.25. The van der Waals surface area contributed by atoms with E-state index in [-0.39, 0.29) is 11.7 Å². The number of nitrogens with zero attached hydrogens (tertiary/aromatic N) is 2. The van der Waals surface area contributed by atoms with E-state index in [4.69, 9.17) is 14.2 Å². The van der Waals surface area contributed by atoms with Crippen molar-refractivity contribution in [1.29, 1.82) is 0 Å². The average Bonchev–Trinajstić information content (AvgIpc) is 2.78. The van der Waals surface area contributed by atoms with E-state index < -0.39 is 6.36 Å². The van der Waals surface area contributed by atoms with Crippen molar-refractivity contribution in [3.8, 4) is 23.0 Å². The fourth-order valence-electron chi connectivity index (χ4n) is 3.60. The van der Waals surface area contributed by atoms with Gasteiger partial charge in [-0.25, -0.2) is 0 Å². The molecule has 0 atom stereocenters. The van der Waals surface area contributed by atoms with Gasteiger partial charge in [-0.2, -0.15) is 0 Å². The van der Waals surface area contributed by atoms with Gasteiger partial charge in [-0.15, -0.1) is 13.2 Å². The molecule has 0 unspecified atom stereocenters. The highest BCUT2D eigenvalue weighted by Crippen LogP contribution is 2.40. The van der Waals surface area contributed by atoms with Gasteiger partial charge < -0.3 is 23.8 Å². The molecule has 0 saturated carbocycles. The second-order valence-corrected chi connectivity index (χ2v) is 7.14. The molecule has 2 aromatic carbocycles. The van der Waals surface area contributed by atoms with Crippen molar-refractivity contribution in [2.24, 2.45) is 0 Å². The molecule has 1 amide bonds. The number of methoxy groups -OCH3 is 3. The summed E-state index contributed by atoms with van der Waals surface area (Å²) in [5, 5.41) is 0. The van der Waals surface area contributed by atoms with Gasteiger partial charge >= 0.3 is 6.36 Å². The van der Waals surface area contributed by atoms with Crippen LogP contribution < -0.4 is 18.9 Å². The Morgan fingerprint density at radius 3 is 2.03 bits per heavy atom. The van der Waals surface area contributed by atoms with Crippen molar-refractivity contribution in [3.63, 3.8) is 0 Å². The zero-order chi connectivity index (χ0) is 23.3. The first-order valence-corrected chi connectivity index (χ1v) is 9.91. The lowest BCUT2D eigenvalue weighted by Gasteiger charge is -2.35. The Balaban J connectivity index is 1.61. The average molecular weight is 454 g/mol. The topological polar surface area (TPSA) is 60.5 Å². The van der Waals surface area contributed by atoms with Gasteiger partial charge in [-0.3, -0.25) is 9.69 Å². The summed E-state index contributed by atoms with van der Waals surface area (Å²) in [7, 11) is 4.46. The van der Waals surface area contributed by atoms with Crippen LogP contribution in [0.25, 0.3) is 0 Å². The number of carbonyl (C=O) groups is 1. The zero-order valence-electron chi connectivity index (χ0n) is 18.1. The molecule has 7 nitrogen and oxygen atoms in total. The minimum absolute atomic E-state index is 0.170. The minimum Gasteiger partial charge on any atom is -0.493 e. The molecule has 0 bridgehead atoms. The molecule has 1 heterocycles. The van der Waals surface area contributed by atoms with Crippen molar-refractivity contribution in [2.45, 2.75) is 12.9 Å². The van der Waals surface area contributed by atoms with Gasteiger partial charge in [0.2, 0.25) is 5.75 Å². The van der Waals surface area contributed by atoms with Crippen molar-refractivity contribution in [1.82, 2.24) is 9.80 Å². The van der Waals surface area contributed by atoms with Gasteiger partial charge in [0.15, 0.2) is 11.5 Å². The van der Waals surface area contributed by atoms with E-state index in [9.17, 15) is 18.0 Å². The van der Waals surface area contributed by atoms with Gasteiger partial charge in [0.25, 0.3) is 5.91 Å². The number of hydrogen-bond donors (Lipinski definition) is 0. The number of amides is 1. The van der Waals surface area contributed by atoms with Crippen LogP contribution in [0.1, 0.15) is 15.9 Å². The third kappa shape index (κ3) is 5.56. The molecule has 0 aromatic heterocycles. The maximum absolute atomic E-state index is 13.1. The number of benzene rings is 2. The van der Waals surface area contributed by atoms with Crippen molar-refractivity contribution in [3.05, 3.63) is 47.5 Å². The molecule has 0 N–H and O–H groups in total. The highest BCUT2D eigenvalue weighted by molar-refractivity contribution is 5.98. The molecule has 0 aliphatic carbocycles. The van der Waals surface area contributed by atoms with Gasteiger partial charge in [-0.05, 0) is 29.8 Å². The maximum Gasteiger partial charge on any atom is 0.573 e. The molecule has 10 heteroatoms. The summed E-state index contributed by atoms with van der Waals surface area (Å²) in [5.74, 6) is 0.729. The van der Waals surface area contributed by atoms with E-state index in [1.807, 2.05) is 0 Å². The molecule has 0 spiro atoms. The standard InChI is InChI=1S/C22H25F3N2O5/c1-29-18-9-8-17(19(30-2)20(18)31-3)21(28)27-12-10-26(11-13-27)14-15-4-6-16(7-5-15)32-22(23,24)25/h4-9H,10-14H2,1-3H3. The van der Waals surface area contributed by atoms with Gasteiger partial charge in [-0.1, -0.05) is 12.1 Å². The fourth-order valence-corrected chi connectivity index (χ4v) is 3.60. The predicted molar refractivity (Wildman–Crippen MR) is 110 cm³/mol. The summed E-state index contributed by atoms with van der Waals surface area (Å²) >= 11 is 0. The lowest BCUT2D eigenvalue weighted by atomic mass is 10.1. The number of hydrogen-bond acceptors (Lipinski definition) is 6. The van der Waals surface area contributed by atoms with Gasteiger partial charge in [0.1, 0.15) is 5.75 Å². The van der Waals surface area contributed by atoms with Crippen molar-refractivity contribution >= 4 is 5.91 Å². The first kappa shape index (κ1) is 23.5. The molecule has 3 rings (SSSR count). The first-order chi connectivity index (χ1) is 15.3. The Hall–Kier alpha value is -3.14. The molecule has 0 radical (unpaired) electrons. The molecule has 174 valence electrons.